The van der Waals surface area contributed by atoms with Crippen molar-refractivity contribution < 1.29 is 0 Å². The number of rotatable bonds is 3. The van der Waals surface area contributed by atoms with Gasteiger partial charge >= 0.3 is 0 Å². The molecule has 0 fully saturated rings. The van der Waals surface area contributed by atoms with Crippen LogP contribution in [0, 0.1) is 5.41 Å². The molecule has 0 aliphatic rings. The zero-order valence-corrected chi connectivity index (χ0v) is 8.83. The minimum atomic E-state index is 0.575. The Morgan fingerprint density at radius 2 is 1.67 bits per heavy atom. The number of hydrogen-bond donors (Lipinski definition) is 1. The van der Waals surface area contributed by atoms with Crippen molar-refractivity contribution in [3.8, 4) is 0 Å². The molecule has 0 atom stereocenters. The predicted molar refractivity (Wildman–Crippen MR) is 59.0 cm³/mol. The quantitative estimate of drug-likeness (QED) is 0.501. The van der Waals surface area contributed by atoms with E-state index in [9.17, 15) is 0 Å². The van der Waals surface area contributed by atoms with Gasteiger partial charge in [-0.15, -0.1) is 0 Å². The van der Waals surface area contributed by atoms with E-state index in [1.54, 1.807) is 12.4 Å². The second-order valence-electron chi connectivity index (χ2n) is 1.08. The average Bonchev–Trinajstić information content (AvgIpc) is 2.19. The molecule has 0 aliphatic carbocycles. The molecule has 0 aliphatic heterocycles. The molecule has 0 spiro atoms. The van der Waals surface area contributed by atoms with Crippen LogP contribution < -0.4 is 0 Å². The Morgan fingerprint density at radius 3 is 2.00 bits per heavy atom. The normalized spacial score (nSPS) is 8.42. The maximum atomic E-state index is 6.46. The lowest BCUT2D eigenvalue weighted by Crippen LogP contribution is -1.79. The lowest BCUT2D eigenvalue weighted by Gasteiger charge is -1.75. The Hall–Kier alpha value is -0.990. The number of nitrogens with zero attached hydrogens (tertiary/aromatic N) is 2. The van der Waals surface area contributed by atoms with E-state index in [1.807, 2.05) is 34.6 Å². The fraction of sp³-hybridized carbons (Fsp3) is 0.667. The first-order chi connectivity index (χ1) is 5.91. The topological polar surface area (TPSA) is 48.6 Å². The van der Waals surface area contributed by atoms with Crippen molar-refractivity contribution in [3.63, 3.8) is 0 Å². The SMILES string of the molecule is CC.CC.CC=NCC=NC=N. The molecule has 1 N–H and O–H groups in total. The third-order valence-electron chi connectivity index (χ3n) is 0.550. The van der Waals surface area contributed by atoms with Gasteiger partial charge in [-0.3, -0.25) is 10.4 Å². The molecule has 0 bridgehead atoms. The summed E-state index contributed by atoms with van der Waals surface area (Å²) in [5.41, 5.74) is 0. The first-order valence-electron chi connectivity index (χ1n) is 4.37. The van der Waals surface area contributed by atoms with Crippen molar-refractivity contribution in [2.45, 2.75) is 34.6 Å². The molecule has 0 aromatic heterocycles. The van der Waals surface area contributed by atoms with Crippen LogP contribution in [-0.4, -0.2) is 25.3 Å². The highest BCUT2D eigenvalue weighted by atomic mass is 14.8. The fourth-order valence-corrected chi connectivity index (χ4v) is 0.252. The van der Waals surface area contributed by atoms with Gasteiger partial charge in [0.25, 0.3) is 0 Å². The summed E-state index contributed by atoms with van der Waals surface area (Å²) in [4.78, 5) is 7.34. The van der Waals surface area contributed by atoms with Crippen LogP contribution in [0.25, 0.3) is 0 Å². The summed E-state index contributed by atoms with van der Waals surface area (Å²) in [6.07, 6.45) is 4.27. The molecule has 72 valence electrons. The molecule has 0 radical (unpaired) electrons. The van der Waals surface area contributed by atoms with Gasteiger partial charge < -0.3 is 0 Å². The van der Waals surface area contributed by atoms with Gasteiger partial charge in [0.15, 0.2) is 0 Å². The molecule has 0 rings (SSSR count). The highest BCUT2D eigenvalue weighted by Crippen LogP contribution is 1.61. The van der Waals surface area contributed by atoms with Gasteiger partial charge in [-0.2, -0.15) is 0 Å². The fourth-order valence-electron chi connectivity index (χ4n) is 0.252. The van der Waals surface area contributed by atoms with E-state index in [1.165, 1.54) is 0 Å². The Bertz CT molecular complexity index is 106. The van der Waals surface area contributed by atoms with Gasteiger partial charge in [0, 0.05) is 6.21 Å². The molecule has 0 aromatic carbocycles. The average molecular weight is 171 g/mol. The largest absolute Gasteiger partial charge is 0.292 e. The summed E-state index contributed by atoms with van der Waals surface area (Å²) in [5, 5.41) is 6.46. The van der Waals surface area contributed by atoms with Gasteiger partial charge in [-0.05, 0) is 13.1 Å². The van der Waals surface area contributed by atoms with Crippen LogP contribution in [0.15, 0.2) is 9.98 Å². The monoisotopic (exact) mass is 171 g/mol. The maximum absolute atomic E-state index is 6.46. The molecule has 0 unspecified atom stereocenters. The van der Waals surface area contributed by atoms with Crippen LogP contribution in [0.1, 0.15) is 34.6 Å². The van der Waals surface area contributed by atoms with Crippen LogP contribution >= 0.6 is 0 Å². The molecule has 0 saturated heterocycles. The molecule has 0 amide bonds. The first kappa shape index (κ1) is 17.2. The summed E-state index contributed by atoms with van der Waals surface area (Å²) in [6.45, 7) is 10.4. The Morgan fingerprint density at radius 1 is 1.17 bits per heavy atom. The van der Waals surface area contributed by atoms with E-state index in [4.69, 9.17) is 5.41 Å². The standard InChI is InChI=1S/C5H9N3.2C2H6/c1-2-7-3-4-8-5-6;2*1-2/h2,4-6H,3H2,1H3;2*1-2H3. The van der Waals surface area contributed by atoms with Crippen molar-refractivity contribution in [2.24, 2.45) is 9.98 Å². The third-order valence-corrected chi connectivity index (χ3v) is 0.550. The van der Waals surface area contributed by atoms with Gasteiger partial charge in [0.2, 0.25) is 0 Å². The molecular formula is C9H21N3. The molecule has 0 aromatic rings. The lowest BCUT2D eigenvalue weighted by atomic mass is 10.7. The minimum absolute atomic E-state index is 0.575. The van der Waals surface area contributed by atoms with E-state index in [0.717, 1.165) is 6.34 Å². The van der Waals surface area contributed by atoms with Crippen LogP contribution in [0.3, 0.4) is 0 Å². The van der Waals surface area contributed by atoms with Gasteiger partial charge in [-0.25, -0.2) is 4.99 Å². The van der Waals surface area contributed by atoms with Crippen molar-refractivity contribution in [3.05, 3.63) is 0 Å². The van der Waals surface area contributed by atoms with Crippen LogP contribution in [0.5, 0.6) is 0 Å². The van der Waals surface area contributed by atoms with Gasteiger partial charge in [0.1, 0.15) is 6.34 Å². The van der Waals surface area contributed by atoms with Gasteiger partial charge in [-0.1, -0.05) is 27.7 Å². The molecular weight excluding hydrogens is 150 g/mol. The second-order valence-corrected chi connectivity index (χ2v) is 1.08. The van der Waals surface area contributed by atoms with Crippen molar-refractivity contribution in [1.29, 1.82) is 5.41 Å². The number of hydrogen-bond acceptors (Lipinski definition) is 2. The zero-order valence-electron chi connectivity index (χ0n) is 8.83. The highest BCUT2D eigenvalue weighted by Gasteiger charge is 1.64. The van der Waals surface area contributed by atoms with E-state index in [-0.39, 0.29) is 0 Å². The van der Waals surface area contributed by atoms with Crippen molar-refractivity contribution in [1.82, 2.24) is 0 Å². The summed E-state index contributed by atoms with van der Waals surface area (Å²) < 4.78 is 0. The summed E-state index contributed by atoms with van der Waals surface area (Å²) in [6, 6.07) is 0. The molecule has 3 heteroatoms. The number of aliphatic imine (C=N–C) groups is 2. The molecule has 0 heterocycles. The third kappa shape index (κ3) is 36.0. The van der Waals surface area contributed by atoms with Crippen LogP contribution in [-0.2, 0) is 0 Å². The van der Waals surface area contributed by atoms with E-state index >= 15 is 0 Å². The predicted octanol–water partition coefficient (Wildman–Crippen LogP) is 2.81. The smallest absolute Gasteiger partial charge is 0.106 e. The summed E-state index contributed by atoms with van der Waals surface area (Å²) in [5.74, 6) is 0. The molecule has 0 saturated carbocycles. The van der Waals surface area contributed by atoms with Crippen molar-refractivity contribution in [2.75, 3.05) is 6.54 Å². The zero-order chi connectivity index (χ0) is 10.2. The number of nitrogens with one attached hydrogen (secondary N) is 1. The lowest BCUT2D eigenvalue weighted by molar-refractivity contribution is 1.33. The summed E-state index contributed by atoms with van der Waals surface area (Å²) in [7, 11) is 0. The van der Waals surface area contributed by atoms with E-state index < -0.39 is 0 Å². The van der Waals surface area contributed by atoms with Crippen LogP contribution in [0.4, 0.5) is 0 Å². The summed E-state index contributed by atoms with van der Waals surface area (Å²) >= 11 is 0. The highest BCUT2D eigenvalue weighted by molar-refractivity contribution is 5.73. The van der Waals surface area contributed by atoms with E-state index in [0.29, 0.717) is 6.54 Å². The minimum Gasteiger partial charge on any atom is -0.292 e. The second kappa shape index (κ2) is 32.4. The first-order valence-corrected chi connectivity index (χ1v) is 4.37. The maximum Gasteiger partial charge on any atom is 0.106 e. The Balaban J connectivity index is -0.000000175. The molecule has 12 heavy (non-hydrogen) atoms. The Labute approximate surface area is 76.1 Å². The van der Waals surface area contributed by atoms with Crippen molar-refractivity contribution >= 4 is 18.8 Å². The van der Waals surface area contributed by atoms with Crippen LogP contribution in [0.2, 0.25) is 0 Å². The van der Waals surface area contributed by atoms with Gasteiger partial charge in [0.05, 0.1) is 6.54 Å². The Kier molecular flexibility index (Phi) is 46.4. The molecule has 3 nitrogen and oxygen atoms in total. The van der Waals surface area contributed by atoms with E-state index in [2.05, 4.69) is 9.98 Å².